The SMILES string of the molecule is CCC(C)[C@H]1O[C@]2(C=C[C@@H]1C)C[C@@H]1C[C@@H](C/C=C(\C)[C@@H](OC3C[C@H](OC)C(N)(C[N+](=O)[O-])[C@H](C)O3)C(C)/C=C/C=C3\CO[C@@H]4[C@H](O)C(C)=C[C@@H](C(=O)O1)[C@]34O)O2. The number of hydrogen-bond donors (Lipinski definition) is 3. The van der Waals surface area contributed by atoms with Crippen LogP contribution in [-0.4, -0.2) is 113 Å². The zero-order valence-corrected chi connectivity index (χ0v) is 34.0. The van der Waals surface area contributed by atoms with Gasteiger partial charge in [0.2, 0.25) is 6.54 Å². The molecule has 6 rings (SSSR count). The van der Waals surface area contributed by atoms with E-state index in [0.717, 1.165) is 12.0 Å². The van der Waals surface area contributed by atoms with Crippen LogP contribution in [0.2, 0.25) is 0 Å². The molecule has 4 N–H and O–H groups in total. The van der Waals surface area contributed by atoms with Crippen LogP contribution in [0, 0.1) is 33.8 Å². The summed E-state index contributed by atoms with van der Waals surface area (Å²) in [6, 6.07) is 0. The van der Waals surface area contributed by atoms with Crippen molar-refractivity contribution >= 4 is 5.97 Å². The summed E-state index contributed by atoms with van der Waals surface area (Å²) in [6.45, 7) is 13.3. The lowest BCUT2D eigenvalue weighted by Gasteiger charge is -2.48. The fourth-order valence-electron chi connectivity index (χ4n) is 9.46. The second-order valence-electron chi connectivity index (χ2n) is 17.1. The van der Waals surface area contributed by atoms with Gasteiger partial charge in [0, 0.05) is 43.1 Å². The molecule has 16 atom stereocenters. The normalized spacial score (nSPS) is 47.4. The summed E-state index contributed by atoms with van der Waals surface area (Å²) in [5.41, 5.74) is 5.20. The fraction of sp³-hybridized carbons (Fsp3) is 0.738. The van der Waals surface area contributed by atoms with E-state index in [1.54, 1.807) is 32.1 Å². The predicted octanol–water partition coefficient (Wildman–Crippen LogP) is 4.46. The van der Waals surface area contributed by atoms with E-state index in [0.29, 0.717) is 24.0 Å². The highest BCUT2D eigenvalue weighted by atomic mass is 16.7. The van der Waals surface area contributed by atoms with Gasteiger partial charge in [-0.2, -0.15) is 0 Å². The molecule has 3 saturated heterocycles. The average Bonchev–Trinajstić information content (AvgIpc) is 3.48. The molecule has 3 fully saturated rings. The first-order valence-corrected chi connectivity index (χ1v) is 20.2. The zero-order valence-electron chi connectivity index (χ0n) is 34.0. The van der Waals surface area contributed by atoms with Gasteiger partial charge in [-0.05, 0) is 55.9 Å². The van der Waals surface area contributed by atoms with Gasteiger partial charge < -0.3 is 49.1 Å². The monoisotopic (exact) mass is 786 g/mol. The summed E-state index contributed by atoms with van der Waals surface area (Å²) in [6.07, 6.45) is 9.37. The second kappa shape index (κ2) is 16.8. The Morgan fingerprint density at radius 3 is 2.55 bits per heavy atom. The molecule has 0 aromatic carbocycles. The predicted molar refractivity (Wildman–Crippen MR) is 205 cm³/mol. The van der Waals surface area contributed by atoms with Gasteiger partial charge in [-0.25, -0.2) is 0 Å². The Hall–Kier alpha value is -2.79. The fourth-order valence-corrected chi connectivity index (χ4v) is 9.46. The van der Waals surface area contributed by atoms with Crippen LogP contribution >= 0.6 is 0 Å². The van der Waals surface area contributed by atoms with Gasteiger partial charge in [0.25, 0.3) is 0 Å². The minimum Gasteiger partial charge on any atom is -0.462 e. The summed E-state index contributed by atoms with van der Waals surface area (Å²) >= 11 is 0. The van der Waals surface area contributed by atoms with Crippen molar-refractivity contribution in [2.24, 2.45) is 29.4 Å². The number of nitrogens with zero attached hydrogens (tertiary/aromatic N) is 1. The topological polar surface area (TPSA) is 191 Å². The van der Waals surface area contributed by atoms with E-state index in [-0.39, 0.29) is 43.3 Å². The summed E-state index contributed by atoms with van der Waals surface area (Å²) in [7, 11) is 1.48. The molecule has 1 aliphatic carbocycles. The maximum absolute atomic E-state index is 14.3. The van der Waals surface area contributed by atoms with Crippen molar-refractivity contribution in [2.45, 2.75) is 153 Å². The first-order valence-electron chi connectivity index (χ1n) is 20.2. The zero-order chi connectivity index (χ0) is 40.7. The van der Waals surface area contributed by atoms with Crippen molar-refractivity contribution in [3.8, 4) is 0 Å². The molecule has 14 heteroatoms. The average molecular weight is 787 g/mol. The molecule has 312 valence electrons. The van der Waals surface area contributed by atoms with Crippen molar-refractivity contribution < 1.29 is 53.1 Å². The van der Waals surface area contributed by atoms with Gasteiger partial charge in [0.1, 0.15) is 35.4 Å². The van der Waals surface area contributed by atoms with Crippen molar-refractivity contribution in [1.82, 2.24) is 0 Å². The number of nitro groups is 1. The van der Waals surface area contributed by atoms with Crippen molar-refractivity contribution in [3.05, 3.63) is 69.4 Å². The van der Waals surface area contributed by atoms with E-state index in [9.17, 15) is 25.1 Å². The third kappa shape index (κ3) is 8.23. The number of hydrogen-bond acceptors (Lipinski definition) is 13. The number of ether oxygens (including phenoxy) is 7. The molecule has 0 radical (unpaired) electrons. The number of esters is 1. The Balaban J connectivity index is 1.37. The van der Waals surface area contributed by atoms with Gasteiger partial charge in [0.05, 0.1) is 37.1 Å². The highest BCUT2D eigenvalue weighted by molar-refractivity contribution is 5.78. The van der Waals surface area contributed by atoms with Gasteiger partial charge in [-0.1, -0.05) is 70.6 Å². The Bertz CT molecular complexity index is 1630. The first-order chi connectivity index (χ1) is 26.4. The van der Waals surface area contributed by atoms with Gasteiger partial charge >= 0.3 is 5.97 Å². The smallest absolute Gasteiger partial charge is 0.316 e. The minimum atomic E-state index is -1.85. The molecule has 0 amide bonds. The molecule has 14 nitrogen and oxygen atoms in total. The van der Waals surface area contributed by atoms with E-state index >= 15 is 0 Å². The number of carbonyl (C=O) groups excluding carboxylic acids is 1. The molecular formula is C42H62N2O12. The van der Waals surface area contributed by atoms with Gasteiger partial charge in [0.15, 0.2) is 12.1 Å². The highest BCUT2D eigenvalue weighted by Gasteiger charge is 2.60. The number of nitrogens with two attached hydrogens (primary N) is 1. The number of carbonyl (C=O) groups is 1. The number of fused-ring (bicyclic) bond motifs is 2. The molecule has 56 heavy (non-hydrogen) atoms. The summed E-state index contributed by atoms with van der Waals surface area (Å²) < 4.78 is 44.6. The standard InChI is InChI=1S/C42H62N2O12/c1-9-23(2)37-26(5)15-16-40(56-37)20-31-18-30(55-40)14-13-25(4)36(54-34-19-33(50-8)41(43,22-44(48)49)28(7)52-34)24(3)11-10-12-29-21-51-38-35(45)27(6)17-32(39(46)53-31)42(29,38)47/h10-13,15-17,23-24,26,28,30-38,45,47H,9,14,18-22,43H2,1-8H3/b11-10+,25-13+,29-12+/t23?,24?,26-,28-,30+,31-,32-,33-,34?,35+,36-,37+,38+,40+,41?,42+/m0/s1. The summed E-state index contributed by atoms with van der Waals surface area (Å²) in [5, 5.41) is 35.1. The number of aliphatic hydroxyl groups excluding tert-OH is 1. The number of methoxy groups -OCH3 is 1. The lowest BCUT2D eigenvalue weighted by molar-refractivity contribution is -0.498. The molecular weight excluding hydrogens is 724 g/mol. The first kappa shape index (κ1) is 42.8. The van der Waals surface area contributed by atoms with E-state index in [2.05, 4.69) is 32.9 Å². The molecule has 2 bridgehead atoms. The van der Waals surface area contributed by atoms with Crippen LogP contribution < -0.4 is 5.73 Å². The van der Waals surface area contributed by atoms with Crippen LogP contribution in [0.15, 0.2) is 59.3 Å². The Kier molecular flexibility index (Phi) is 12.9. The molecule has 5 aliphatic heterocycles. The van der Waals surface area contributed by atoms with Crippen molar-refractivity contribution in [2.75, 3.05) is 20.3 Å². The highest BCUT2D eigenvalue weighted by Crippen LogP contribution is 2.47. The van der Waals surface area contributed by atoms with Crippen LogP contribution in [0.3, 0.4) is 0 Å². The van der Waals surface area contributed by atoms with Crippen LogP contribution in [-0.2, 0) is 38.0 Å². The third-order valence-corrected chi connectivity index (χ3v) is 13.1. The maximum atomic E-state index is 14.3. The van der Waals surface area contributed by atoms with E-state index in [1.807, 2.05) is 26.0 Å². The van der Waals surface area contributed by atoms with Crippen molar-refractivity contribution in [1.29, 1.82) is 0 Å². The Morgan fingerprint density at radius 1 is 1.11 bits per heavy atom. The summed E-state index contributed by atoms with van der Waals surface area (Å²) in [4.78, 5) is 25.4. The van der Waals surface area contributed by atoms with Gasteiger partial charge in [-0.15, -0.1) is 0 Å². The molecule has 1 spiro atoms. The molecule has 0 aromatic heterocycles. The van der Waals surface area contributed by atoms with Crippen LogP contribution in [0.4, 0.5) is 0 Å². The summed E-state index contributed by atoms with van der Waals surface area (Å²) in [5.74, 6) is -2.70. The van der Waals surface area contributed by atoms with E-state index in [1.165, 1.54) is 7.11 Å². The molecule has 5 heterocycles. The Morgan fingerprint density at radius 2 is 1.86 bits per heavy atom. The van der Waals surface area contributed by atoms with Gasteiger partial charge in [-0.3, -0.25) is 14.9 Å². The molecule has 6 aliphatic rings. The Labute approximate surface area is 330 Å². The molecule has 0 saturated carbocycles. The van der Waals surface area contributed by atoms with Crippen LogP contribution in [0.25, 0.3) is 0 Å². The molecule has 0 aromatic rings. The van der Waals surface area contributed by atoms with E-state index < -0.39 is 89.3 Å². The maximum Gasteiger partial charge on any atom is 0.316 e. The lowest BCUT2D eigenvalue weighted by atomic mass is 9.71. The lowest BCUT2D eigenvalue weighted by Crippen LogP contribution is -2.68. The number of rotatable bonds is 7. The van der Waals surface area contributed by atoms with Crippen LogP contribution in [0.1, 0.15) is 80.6 Å². The van der Waals surface area contributed by atoms with Crippen LogP contribution in [0.5, 0.6) is 0 Å². The number of allylic oxidation sites excluding steroid dienone is 2. The van der Waals surface area contributed by atoms with Crippen molar-refractivity contribution in [3.63, 3.8) is 0 Å². The largest absolute Gasteiger partial charge is 0.462 e. The minimum absolute atomic E-state index is 0.00811. The molecule has 4 unspecified atom stereocenters. The van der Waals surface area contributed by atoms with E-state index in [4.69, 9.17) is 38.9 Å². The second-order valence-corrected chi connectivity index (χ2v) is 17.1. The third-order valence-electron chi connectivity index (χ3n) is 13.1. The quantitative estimate of drug-likeness (QED) is 0.142. The number of aliphatic hydroxyl groups is 2.